The van der Waals surface area contributed by atoms with Crippen molar-refractivity contribution >= 4 is 27.3 Å². The molecule has 19 heavy (non-hydrogen) atoms. The Morgan fingerprint density at radius 2 is 2.05 bits per heavy atom. The predicted octanol–water partition coefficient (Wildman–Crippen LogP) is 4.75. The zero-order chi connectivity index (χ0) is 13.7. The molecule has 0 aliphatic heterocycles. The van der Waals surface area contributed by atoms with E-state index in [4.69, 9.17) is 0 Å². The van der Waals surface area contributed by atoms with Gasteiger partial charge < -0.3 is 5.32 Å². The molecule has 0 saturated carbocycles. The third-order valence-corrected chi connectivity index (χ3v) is 5.23. The quantitative estimate of drug-likeness (QED) is 0.821. The van der Waals surface area contributed by atoms with Crippen molar-refractivity contribution in [2.24, 2.45) is 0 Å². The summed E-state index contributed by atoms with van der Waals surface area (Å²) < 4.78 is 1.20. The van der Waals surface area contributed by atoms with Gasteiger partial charge in [0.25, 0.3) is 0 Å². The summed E-state index contributed by atoms with van der Waals surface area (Å²) in [6.07, 6.45) is 4.88. The lowest BCUT2D eigenvalue weighted by Gasteiger charge is -2.25. The number of thiophene rings is 1. The van der Waals surface area contributed by atoms with Crippen LogP contribution in [0.3, 0.4) is 0 Å². The molecule has 2 unspecified atom stereocenters. The van der Waals surface area contributed by atoms with E-state index in [2.05, 4.69) is 63.7 Å². The van der Waals surface area contributed by atoms with Crippen molar-refractivity contribution in [1.82, 2.24) is 10.3 Å². The van der Waals surface area contributed by atoms with E-state index in [9.17, 15) is 0 Å². The minimum absolute atomic E-state index is 0.344. The summed E-state index contributed by atoms with van der Waals surface area (Å²) in [5.74, 6) is 0.421. The molecule has 0 aliphatic rings. The van der Waals surface area contributed by atoms with Gasteiger partial charge in [-0.25, -0.2) is 0 Å². The molecule has 102 valence electrons. The molecule has 1 N–H and O–H groups in total. The van der Waals surface area contributed by atoms with Crippen molar-refractivity contribution in [2.75, 3.05) is 6.54 Å². The fourth-order valence-corrected chi connectivity index (χ4v) is 3.98. The summed E-state index contributed by atoms with van der Waals surface area (Å²) in [4.78, 5) is 5.48. The van der Waals surface area contributed by atoms with Crippen LogP contribution in [0.4, 0.5) is 0 Å². The summed E-state index contributed by atoms with van der Waals surface area (Å²) >= 11 is 5.46. The summed E-state index contributed by atoms with van der Waals surface area (Å²) in [5.41, 5.74) is 1.32. The molecule has 0 saturated heterocycles. The Kier molecular flexibility index (Phi) is 5.55. The zero-order valence-electron chi connectivity index (χ0n) is 11.3. The normalized spacial score (nSPS) is 14.3. The van der Waals surface area contributed by atoms with Crippen molar-refractivity contribution in [3.8, 4) is 0 Å². The number of pyridine rings is 1. The van der Waals surface area contributed by atoms with Crippen molar-refractivity contribution in [3.05, 3.63) is 50.9 Å². The van der Waals surface area contributed by atoms with Gasteiger partial charge in [-0.2, -0.15) is 0 Å². The molecule has 0 aromatic carbocycles. The Bertz CT molecular complexity index is 498. The third kappa shape index (κ3) is 3.65. The molecular formula is C15H19BrN2S. The molecule has 2 atom stereocenters. The molecule has 0 spiro atoms. The van der Waals surface area contributed by atoms with E-state index >= 15 is 0 Å². The number of rotatable bonds is 6. The van der Waals surface area contributed by atoms with Crippen LogP contribution < -0.4 is 5.32 Å². The molecule has 0 aliphatic carbocycles. The molecule has 0 bridgehead atoms. The van der Waals surface area contributed by atoms with Crippen molar-refractivity contribution in [3.63, 3.8) is 0 Å². The molecule has 2 aromatic heterocycles. The van der Waals surface area contributed by atoms with Gasteiger partial charge in [-0.1, -0.05) is 13.8 Å². The van der Waals surface area contributed by atoms with Crippen LogP contribution in [0.25, 0.3) is 0 Å². The first-order valence-corrected chi connectivity index (χ1v) is 8.27. The van der Waals surface area contributed by atoms with Crippen LogP contribution in [-0.4, -0.2) is 11.5 Å². The van der Waals surface area contributed by atoms with Crippen LogP contribution in [-0.2, 0) is 0 Å². The minimum Gasteiger partial charge on any atom is -0.309 e. The molecule has 2 aromatic rings. The number of hydrogen-bond donors (Lipinski definition) is 1. The van der Waals surface area contributed by atoms with Gasteiger partial charge in [-0.15, -0.1) is 11.3 Å². The number of nitrogens with zero attached hydrogens (tertiary/aromatic N) is 1. The fraction of sp³-hybridized carbons (Fsp3) is 0.400. The van der Waals surface area contributed by atoms with Crippen molar-refractivity contribution < 1.29 is 0 Å². The SMILES string of the molecule is CCCNC(c1sccc1Br)C(C)c1ccncc1. The standard InChI is InChI=1S/C15H19BrN2S/c1-3-7-18-14(15-13(16)6-10-19-15)11(2)12-4-8-17-9-5-12/h4-6,8-11,14,18H,3,7H2,1-2H3. The van der Waals surface area contributed by atoms with Gasteiger partial charge in [0.15, 0.2) is 0 Å². The highest BCUT2D eigenvalue weighted by Crippen LogP contribution is 2.37. The first-order chi connectivity index (χ1) is 9.24. The van der Waals surface area contributed by atoms with Gasteiger partial charge in [0.1, 0.15) is 0 Å². The van der Waals surface area contributed by atoms with Gasteiger partial charge in [0.05, 0.1) is 0 Å². The Labute approximate surface area is 127 Å². The number of halogens is 1. The van der Waals surface area contributed by atoms with Gasteiger partial charge >= 0.3 is 0 Å². The Morgan fingerprint density at radius 3 is 2.63 bits per heavy atom. The van der Waals surface area contributed by atoms with E-state index in [-0.39, 0.29) is 0 Å². The largest absolute Gasteiger partial charge is 0.309 e. The average Bonchev–Trinajstić information content (AvgIpc) is 2.86. The summed E-state index contributed by atoms with van der Waals surface area (Å²) in [6.45, 7) is 5.50. The van der Waals surface area contributed by atoms with Gasteiger partial charge in [-0.3, -0.25) is 4.98 Å². The van der Waals surface area contributed by atoms with E-state index in [1.807, 2.05) is 12.4 Å². The Balaban J connectivity index is 2.25. The van der Waals surface area contributed by atoms with Crippen LogP contribution in [0.15, 0.2) is 40.4 Å². The highest BCUT2D eigenvalue weighted by Gasteiger charge is 2.23. The van der Waals surface area contributed by atoms with E-state index in [1.165, 1.54) is 14.9 Å². The summed E-state index contributed by atoms with van der Waals surface area (Å²) in [5, 5.41) is 5.81. The maximum atomic E-state index is 4.10. The second kappa shape index (κ2) is 7.17. The Hall–Kier alpha value is -0.710. The molecule has 2 nitrogen and oxygen atoms in total. The average molecular weight is 339 g/mol. The van der Waals surface area contributed by atoms with Crippen LogP contribution >= 0.6 is 27.3 Å². The fourth-order valence-electron chi connectivity index (χ4n) is 2.18. The number of nitrogens with one attached hydrogen (secondary N) is 1. The second-order valence-corrected chi connectivity index (χ2v) is 6.44. The maximum absolute atomic E-state index is 4.10. The van der Waals surface area contributed by atoms with E-state index in [1.54, 1.807) is 11.3 Å². The molecule has 2 rings (SSSR count). The van der Waals surface area contributed by atoms with Gasteiger partial charge in [-0.05, 0) is 58.0 Å². The molecular weight excluding hydrogens is 320 g/mol. The first kappa shape index (κ1) is 14.7. The Morgan fingerprint density at radius 1 is 1.32 bits per heavy atom. The van der Waals surface area contributed by atoms with Crippen LogP contribution in [0.1, 0.15) is 42.7 Å². The van der Waals surface area contributed by atoms with Crippen LogP contribution in [0, 0.1) is 0 Å². The van der Waals surface area contributed by atoms with Crippen molar-refractivity contribution in [2.45, 2.75) is 32.2 Å². The second-order valence-electron chi connectivity index (χ2n) is 4.63. The number of hydrogen-bond acceptors (Lipinski definition) is 3. The highest BCUT2D eigenvalue weighted by molar-refractivity contribution is 9.10. The molecule has 0 amide bonds. The summed E-state index contributed by atoms with van der Waals surface area (Å²) in [7, 11) is 0. The van der Waals surface area contributed by atoms with Crippen LogP contribution in [0.2, 0.25) is 0 Å². The van der Waals surface area contributed by atoms with Gasteiger partial charge in [0.2, 0.25) is 0 Å². The summed E-state index contributed by atoms with van der Waals surface area (Å²) in [6, 6.07) is 6.68. The molecule has 0 radical (unpaired) electrons. The molecule has 4 heteroatoms. The van der Waals surface area contributed by atoms with E-state index in [0.717, 1.165) is 13.0 Å². The lowest BCUT2D eigenvalue weighted by molar-refractivity contribution is 0.471. The van der Waals surface area contributed by atoms with Crippen LogP contribution in [0.5, 0.6) is 0 Å². The maximum Gasteiger partial charge on any atom is 0.0493 e. The molecule has 0 fully saturated rings. The lowest BCUT2D eigenvalue weighted by atomic mass is 9.93. The van der Waals surface area contributed by atoms with Gasteiger partial charge in [0, 0.05) is 33.7 Å². The topological polar surface area (TPSA) is 24.9 Å². The minimum atomic E-state index is 0.344. The lowest BCUT2D eigenvalue weighted by Crippen LogP contribution is -2.26. The van der Waals surface area contributed by atoms with Crippen molar-refractivity contribution in [1.29, 1.82) is 0 Å². The zero-order valence-corrected chi connectivity index (χ0v) is 13.7. The third-order valence-electron chi connectivity index (χ3n) is 3.27. The smallest absolute Gasteiger partial charge is 0.0493 e. The first-order valence-electron chi connectivity index (χ1n) is 6.60. The predicted molar refractivity (Wildman–Crippen MR) is 85.7 cm³/mol. The molecule has 2 heterocycles. The monoisotopic (exact) mass is 338 g/mol. The number of aromatic nitrogens is 1. The van der Waals surface area contributed by atoms with E-state index < -0.39 is 0 Å². The highest BCUT2D eigenvalue weighted by atomic mass is 79.9. The van der Waals surface area contributed by atoms with E-state index in [0.29, 0.717) is 12.0 Å².